The Hall–Kier alpha value is -1.04. The zero-order valence-electron chi connectivity index (χ0n) is 23.1. The first kappa shape index (κ1) is 29.5. The van der Waals surface area contributed by atoms with Crippen molar-refractivity contribution < 1.29 is 4.12 Å². The topological polar surface area (TPSA) is 9.23 Å². The van der Waals surface area contributed by atoms with Crippen LogP contribution in [0.25, 0.3) is 0 Å². The molecule has 36 heavy (non-hydrogen) atoms. The standard InChI is InChI=1S/C31H46BrOPSi2/c1-35(2,3)33-36(4,5)28-20-9-7-6-8-19-27-34(32,29-21-13-10-14-22-29,30-23-15-11-16-24-30)31-25-17-12-18-26-31/h10-18,21-26H,6-9,19-20,27-28H2,1-5H3. The van der Waals surface area contributed by atoms with Crippen molar-refractivity contribution in [2.45, 2.75) is 77.3 Å². The second kappa shape index (κ2) is 12.7. The Morgan fingerprint density at radius 2 is 0.917 bits per heavy atom. The molecule has 0 radical (unpaired) electrons. The van der Waals surface area contributed by atoms with Crippen molar-refractivity contribution in [2.24, 2.45) is 0 Å². The van der Waals surface area contributed by atoms with E-state index in [-0.39, 0.29) is 0 Å². The average molecular weight is 602 g/mol. The van der Waals surface area contributed by atoms with Crippen molar-refractivity contribution in [3.63, 3.8) is 0 Å². The molecule has 196 valence electrons. The second-order valence-corrected chi connectivity index (χ2v) is 29.9. The van der Waals surface area contributed by atoms with Crippen LogP contribution in [-0.2, 0) is 4.12 Å². The van der Waals surface area contributed by atoms with Gasteiger partial charge >= 0.3 is 232 Å². The molecule has 0 atom stereocenters. The summed E-state index contributed by atoms with van der Waals surface area (Å²) in [5.41, 5.74) is 0. The van der Waals surface area contributed by atoms with Crippen LogP contribution in [0.2, 0.25) is 38.8 Å². The van der Waals surface area contributed by atoms with Gasteiger partial charge in [-0.25, -0.2) is 0 Å². The number of hydrogen-bond acceptors (Lipinski definition) is 1. The summed E-state index contributed by atoms with van der Waals surface area (Å²) in [7, 11) is -2.93. The Balaban J connectivity index is 1.68. The van der Waals surface area contributed by atoms with Crippen molar-refractivity contribution in [1.82, 2.24) is 0 Å². The third-order valence-corrected chi connectivity index (χ3v) is 23.3. The summed E-state index contributed by atoms with van der Waals surface area (Å²) in [4.78, 5) is 0. The van der Waals surface area contributed by atoms with Gasteiger partial charge in [0.2, 0.25) is 0 Å². The van der Waals surface area contributed by atoms with E-state index in [2.05, 4.69) is 139 Å². The number of benzene rings is 3. The molecule has 5 heteroatoms. The van der Waals surface area contributed by atoms with Crippen LogP contribution in [0, 0.1) is 0 Å². The molecular weight excluding hydrogens is 555 g/mol. The molecule has 0 aliphatic carbocycles. The molecule has 0 amide bonds. The van der Waals surface area contributed by atoms with Crippen LogP contribution in [0.15, 0.2) is 91.0 Å². The van der Waals surface area contributed by atoms with E-state index in [1.165, 1.54) is 60.5 Å². The summed E-state index contributed by atoms with van der Waals surface area (Å²) < 4.78 is 6.52. The van der Waals surface area contributed by atoms with Gasteiger partial charge in [-0.3, -0.25) is 0 Å². The van der Waals surface area contributed by atoms with E-state index in [9.17, 15) is 0 Å². The molecule has 3 rings (SSSR count). The maximum absolute atomic E-state index is 6.52. The summed E-state index contributed by atoms with van der Waals surface area (Å²) in [6.07, 6.45) is 8.95. The minimum atomic E-state index is -2.76. The van der Waals surface area contributed by atoms with Gasteiger partial charge in [-0.05, 0) is 0 Å². The van der Waals surface area contributed by atoms with Gasteiger partial charge in [0.15, 0.2) is 0 Å². The molecule has 3 aromatic rings. The van der Waals surface area contributed by atoms with Gasteiger partial charge in [-0.15, -0.1) is 0 Å². The van der Waals surface area contributed by atoms with Crippen LogP contribution >= 0.6 is 20.8 Å². The predicted molar refractivity (Wildman–Crippen MR) is 173 cm³/mol. The Morgan fingerprint density at radius 3 is 1.31 bits per heavy atom. The number of rotatable bonds is 14. The molecule has 0 saturated carbocycles. The van der Waals surface area contributed by atoms with Crippen molar-refractivity contribution in [3.05, 3.63) is 91.0 Å². The molecule has 0 fully saturated rings. The third-order valence-electron chi connectivity index (χ3n) is 7.07. The van der Waals surface area contributed by atoms with E-state index >= 15 is 0 Å². The van der Waals surface area contributed by atoms with Crippen LogP contribution in [0.5, 0.6) is 0 Å². The molecular formula is C31H46BrOPSi2. The zero-order chi connectivity index (χ0) is 26.1. The van der Waals surface area contributed by atoms with Crippen LogP contribution in [0.1, 0.15) is 38.5 Å². The Morgan fingerprint density at radius 1 is 0.556 bits per heavy atom. The zero-order valence-corrected chi connectivity index (χ0v) is 27.5. The summed E-state index contributed by atoms with van der Waals surface area (Å²) in [5, 5.41) is 1.52. The minimum absolute atomic E-state index is 1.15. The first-order valence-corrected chi connectivity index (χ1v) is 24.6. The summed E-state index contributed by atoms with van der Waals surface area (Å²) in [6, 6.07) is 34.9. The van der Waals surface area contributed by atoms with E-state index in [1.54, 1.807) is 0 Å². The number of unbranched alkanes of at least 4 members (excludes halogenated alkanes) is 5. The van der Waals surface area contributed by atoms with E-state index in [0.717, 1.165) is 6.16 Å². The normalized spacial score (nSPS) is 13.8. The molecule has 0 aromatic heterocycles. The average Bonchev–Trinajstić information content (AvgIpc) is 2.86. The first-order chi connectivity index (χ1) is 17.0. The summed E-state index contributed by atoms with van der Waals surface area (Å²) in [5.74, 6) is 0. The van der Waals surface area contributed by atoms with E-state index in [4.69, 9.17) is 4.12 Å². The Kier molecular flexibility index (Phi) is 10.4. The van der Waals surface area contributed by atoms with Crippen LogP contribution in [-0.4, -0.2) is 22.8 Å². The SMILES string of the molecule is C[Si](C)(C)O[Si](C)(C)CCCCCCCCP(Br)(c1ccccc1)(c1ccccc1)c1ccccc1. The Bertz CT molecular complexity index is 953. The van der Waals surface area contributed by atoms with Gasteiger partial charge in [0.25, 0.3) is 0 Å². The van der Waals surface area contributed by atoms with Crippen molar-refractivity contribution >= 4 is 53.3 Å². The predicted octanol–water partition coefficient (Wildman–Crippen LogP) is 9.22. The number of halogens is 1. The van der Waals surface area contributed by atoms with Gasteiger partial charge in [-0.2, -0.15) is 0 Å². The fraction of sp³-hybridized carbons (Fsp3) is 0.419. The monoisotopic (exact) mass is 600 g/mol. The van der Waals surface area contributed by atoms with Gasteiger partial charge in [0.1, 0.15) is 0 Å². The molecule has 0 aliphatic rings. The van der Waals surface area contributed by atoms with E-state index in [0.29, 0.717) is 0 Å². The fourth-order valence-electron chi connectivity index (χ4n) is 5.60. The van der Waals surface area contributed by atoms with Crippen LogP contribution in [0.4, 0.5) is 0 Å². The van der Waals surface area contributed by atoms with Crippen molar-refractivity contribution in [1.29, 1.82) is 0 Å². The summed E-state index contributed by atoms with van der Waals surface area (Å²) >= 11 is 4.58. The van der Waals surface area contributed by atoms with Crippen LogP contribution < -0.4 is 15.9 Å². The molecule has 0 unspecified atom stereocenters. The van der Waals surface area contributed by atoms with Gasteiger partial charge < -0.3 is 0 Å². The van der Waals surface area contributed by atoms with Gasteiger partial charge in [-0.1, -0.05) is 0 Å². The molecule has 0 bridgehead atoms. The fourth-order valence-corrected chi connectivity index (χ4v) is 21.5. The summed E-state index contributed by atoms with van der Waals surface area (Å²) in [6.45, 7) is 11.8. The molecule has 0 N–H and O–H groups in total. The molecule has 0 aliphatic heterocycles. The van der Waals surface area contributed by atoms with Gasteiger partial charge in [0.05, 0.1) is 0 Å². The van der Waals surface area contributed by atoms with Crippen LogP contribution in [0.3, 0.4) is 0 Å². The molecule has 0 spiro atoms. The first-order valence-electron chi connectivity index (χ1n) is 13.6. The van der Waals surface area contributed by atoms with Crippen molar-refractivity contribution in [2.75, 3.05) is 6.16 Å². The molecule has 3 aromatic carbocycles. The number of hydrogen-bond donors (Lipinski definition) is 0. The molecule has 0 heterocycles. The van der Waals surface area contributed by atoms with Gasteiger partial charge in [0, 0.05) is 0 Å². The third kappa shape index (κ3) is 7.51. The van der Waals surface area contributed by atoms with Crippen molar-refractivity contribution in [3.8, 4) is 0 Å². The molecule has 1 nitrogen and oxygen atoms in total. The quantitative estimate of drug-likeness (QED) is 0.102. The van der Waals surface area contributed by atoms with E-state index < -0.39 is 21.9 Å². The second-order valence-electron chi connectivity index (χ2n) is 11.8. The molecule has 0 saturated heterocycles. The Labute approximate surface area is 231 Å². The van der Waals surface area contributed by atoms with E-state index in [1.807, 2.05) is 0 Å². The maximum atomic E-state index is 6.52.